The van der Waals surface area contributed by atoms with Gasteiger partial charge in [0.15, 0.2) is 3.92 Å². The third-order valence-electron chi connectivity index (χ3n) is 1.96. The largest absolute Gasteiger partial charge is 0.356 e. The van der Waals surface area contributed by atoms with Gasteiger partial charge >= 0.3 is 0 Å². The standard InChI is InChI=1S/C10H10BrN3S/c1-7-2-4-8(5-3-7)6-12-10-14-13-9(11)15-10/h2-5H,6H2,1H3,(H,12,14). The number of nitrogens with one attached hydrogen (secondary N) is 1. The Morgan fingerprint density at radius 3 is 2.60 bits per heavy atom. The molecule has 3 nitrogen and oxygen atoms in total. The first kappa shape index (κ1) is 10.6. The molecule has 0 bridgehead atoms. The highest BCUT2D eigenvalue weighted by molar-refractivity contribution is 9.11. The second-order valence-electron chi connectivity index (χ2n) is 3.20. The fraction of sp³-hybridized carbons (Fsp3) is 0.200. The molecular weight excluding hydrogens is 274 g/mol. The Bertz CT molecular complexity index is 438. The summed E-state index contributed by atoms with van der Waals surface area (Å²) < 4.78 is 0.800. The predicted octanol–water partition coefficient (Wildman–Crippen LogP) is 3.22. The van der Waals surface area contributed by atoms with Crippen LogP contribution in [0.4, 0.5) is 5.13 Å². The van der Waals surface area contributed by atoms with Gasteiger partial charge in [-0.2, -0.15) is 0 Å². The second kappa shape index (κ2) is 4.72. The highest BCUT2D eigenvalue weighted by atomic mass is 79.9. The predicted molar refractivity (Wildman–Crippen MR) is 66.1 cm³/mol. The van der Waals surface area contributed by atoms with Gasteiger partial charge in [-0.25, -0.2) is 0 Å². The molecule has 0 spiro atoms. The molecule has 1 heterocycles. The summed E-state index contributed by atoms with van der Waals surface area (Å²) in [5, 5.41) is 11.9. The Kier molecular flexibility index (Phi) is 3.33. The molecule has 1 aromatic carbocycles. The molecule has 0 amide bonds. The number of nitrogens with zero attached hydrogens (tertiary/aromatic N) is 2. The molecule has 78 valence electrons. The van der Waals surface area contributed by atoms with Crippen LogP contribution < -0.4 is 5.32 Å². The molecular formula is C10H10BrN3S. The maximum atomic E-state index is 3.96. The van der Waals surface area contributed by atoms with Crippen molar-refractivity contribution in [2.75, 3.05) is 5.32 Å². The van der Waals surface area contributed by atoms with E-state index in [-0.39, 0.29) is 0 Å². The van der Waals surface area contributed by atoms with Crippen LogP contribution in [0.25, 0.3) is 0 Å². The van der Waals surface area contributed by atoms with Crippen molar-refractivity contribution >= 4 is 32.4 Å². The van der Waals surface area contributed by atoms with Crippen molar-refractivity contribution in [1.82, 2.24) is 10.2 Å². The molecule has 0 aliphatic rings. The monoisotopic (exact) mass is 283 g/mol. The van der Waals surface area contributed by atoms with Crippen LogP contribution in [0, 0.1) is 6.92 Å². The van der Waals surface area contributed by atoms with Gasteiger partial charge in [0.1, 0.15) is 0 Å². The summed E-state index contributed by atoms with van der Waals surface area (Å²) in [7, 11) is 0. The van der Waals surface area contributed by atoms with E-state index in [2.05, 4.69) is 62.6 Å². The molecule has 0 radical (unpaired) electrons. The van der Waals surface area contributed by atoms with Gasteiger partial charge in [-0.05, 0) is 28.4 Å². The minimum atomic E-state index is 0.780. The lowest BCUT2D eigenvalue weighted by atomic mass is 10.1. The van der Waals surface area contributed by atoms with E-state index >= 15 is 0 Å². The number of hydrogen-bond donors (Lipinski definition) is 1. The zero-order valence-corrected chi connectivity index (χ0v) is 10.6. The van der Waals surface area contributed by atoms with Crippen LogP contribution in [-0.4, -0.2) is 10.2 Å². The SMILES string of the molecule is Cc1ccc(CNc2nnc(Br)s2)cc1. The van der Waals surface area contributed by atoms with Crippen molar-refractivity contribution in [3.63, 3.8) is 0 Å². The average molecular weight is 284 g/mol. The molecule has 2 rings (SSSR count). The van der Waals surface area contributed by atoms with E-state index in [1.807, 2.05) is 0 Å². The van der Waals surface area contributed by atoms with E-state index in [0.717, 1.165) is 15.6 Å². The van der Waals surface area contributed by atoms with E-state index in [1.165, 1.54) is 22.5 Å². The third kappa shape index (κ3) is 3.00. The van der Waals surface area contributed by atoms with Crippen molar-refractivity contribution in [3.05, 3.63) is 39.3 Å². The lowest BCUT2D eigenvalue weighted by Gasteiger charge is -2.02. The molecule has 0 saturated carbocycles. The summed E-state index contributed by atoms with van der Waals surface area (Å²) in [5.74, 6) is 0. The van der Waals surface area contributed by atoms with Gasteiger partial charge in [0.25, 0.3) is 0 Å². The number of anilines is 1. The van der Waals surface area contributed by atoms with Gasteiger partial charge in [-0.1, -0.05) is 41.2 Å². The van der Waals surface area contributed by atoms with Crippen LogP contribution in [0.2, 0.25) is 0 Å². The van der Waals surface area contributed by atoms with Crippen LogP contribution in [0.5, 0.6) is 0 Å². The van der Waals surface area contributed by atoms with Crippen LogP contribution in [0.1, 0.15) is 11.1 Å². The molecule has 0 aliphatic heterocycles. The summed E-state index contributed by atoms with van der Waals surface area (Å²) in [6.07, 6.45) is 0. The Hall–Kier alpha value is -0.940. The molecule has 1 N–H and O–H groups in total. The number of aromatic nitrogens is 2. The quantitative estimate of drug-likeness (QED) is 0.940. The molecule has 0 fully saturated rings. The maximum Gasteiger partial charge on any atom is 0.206 e. The lowest BCUT2D eigenvalue weighted by Crippen LogP contribution is -1.98. The van der Waals surface area contributed by atoms with Gasteiger partial charge in [0, 0.05) is 6.54 Å². The van der Waals surface area contributed by atoms with E-state index < -0.39 is 0 Å². The van der Waals surface area contributed by atoms with Crippen LogP contribution >= 0.6 is 27.3 Å². The van der Waals surface area contributed by atoms with Crippen LogP contribution in [0.15, 0.2) is 28.2 Å². The Balaban J connectivity index is 1.96. The molecule has 5 heteroatoms. The highest BCUT2D eigenvalue weighted by Gasteiger charge is 2.00. The summed E-state index contributed by atoms with van der Waals surface area (Å²) in [4.78, 5) is 0. The van der Waals surface area contributed by atoms with E-state index in [0.29, 0.717) is 0 Å². The van der Waals surface area contributed by atoms with Gasteiger partial charge in [0.2, 0.25) is 5.13 Å². The Morgan fingerprint density at radius 2 is 2.00 bits per heavy atom. The molecule has 15 heavy (non-hydrogen) atoms. The Labute approximate surface area is 101 Å². The highest BCUT2D eigenvalue weighted by Crippen LogP contribution is 2.20. The maximum absolute atomic E-state index is 3.96. The van der Waals surface area contributed by atoms with E-state index in [1.54, 1.807) is 0 Å². The Morgan fingerprint density at radius 1 is 1.27 bits per heavy atom. The van der Waals surface area contributed by atoms with Crippen molar-refractivity contribution in [2.45, 2.75) is 13.5 Å². The van der Waals surface area contributed by atoms with Crippen molar-refractivity contribution in [3.8, 4) is 0 Å². The summed E-state index contributed by atoms with van der Waals surface area (Å²) in [6.45, 7) is 2.86. The first-order valence-corrected chi connectivity index (χ1v) is 6.13. The fourth-order valence-electron chi connectivity index (χ4n) is 1.16. The van der Waals surface area contributed by atoms with Gasteiger partial charge in [-0.3, -0.25) is 0 Å². The fourth-order valence-corrected chi connectivity index (χ4v) is 2.17. The van der Waals surface area contributed by atoms with Crippen molar-refractivity contribution < 1.29 is 0 Å². The third-order valence-corrected chi connectivity index (χ3v) is 3.28. The van der Waals surface area contributed by atoms with E-state index in [4.69, 9.17) is 0 Å². The summed E-state index contributed by atoms with van der Waals surface area (Å²) in [5.41, 5.74) is 2.52. The molecule has 0 unspecified atom stereocenters. The van der Waals surface area contributed by atoms with Gasteiger partial charge < -0.3 is 5.32 Å². The van der Waals surface area contributed by atoms with E-state index in [9.17, 15) is 0 Å². The topological polar surface area (TPSA) is 37.8 Å². The molecule has 1 aromatic heterocycles. The lowest BCUT2D eigenvalue weighted by molar-refractivity contribution is 1.04. The number of hydrogen-bond acceptors (Lipinski definition) is 4. The zero-order chi connectivity index (χ0) is 10.7. The van der Waals surface area contributed by atoms with Crippen molar-refractivity contribution in [1.29, 1.82) is 0 Å². The summed E-state index contributed by atoms with van der Waals surface area (Å²) >= 11 is 4.77. The molecule has 2 aromatic rings. The van der Waals surface area contributed by atoms with Gasteiger partial charge in [0.05, 0.1) is 0 Å². The molecule has 0 atom stereocenters. The smallest absolute Gasteiger partial charge is 0.206 e. The molecule has 0 aliphatic carbocycles. The molecule has 0 saturated heterocycles. The minimum Gasteiger partial charge on any atom is -0.356 e. The number of rotatable bonds is 3. The number of aryl methyl sites for hydroxylation is 1. The van der Waals surface area contributed by atoms with Crippen LogP contribution in [-0.2, 0) is 6.54 Å². The van der Waals surface area contributed by atoms with Gasteiger partial charge in [-0.15, -0.1) is 10.2 Å². The summed E-state index contributed by atoms with van der Waals surface area (Å²) in [6, 6.07) is 8.43. The zero-order valence-electron chi connectivity index (χ0n) is 8.20. The minimum absolute atomic E-state index is 0.780. The first-order valence-electron chi connectivity index (χ1n) is 4.52. The van der Waals surface area contributed by atoms with Crippen LogP contribution in [0.3, 0.4) is 0 Å². The second-order valence-corrected chi connectivity index (χ2v) is 5.45. The number of benzene rings is 1. The number of halogens is 1. The average Bonchev–Trinajstić information content (AvgIpc) is 2.64. The normalized spacial score (nSPS) is 10.3. The first-order chi connectivity index (χ1) is 7.24. The van der Waals surface area contributed by atoms with Crippen molar-refractivity contribution in [2.24, 2.45) is 0 Å².